The van der Waals surface area contributed by atoms with Crippen molar-refractivity contribution in [1.29, 1.82) is 0 Å². The number of nitrogens with one attached hydrogen (secondary N) is 1. The van der Waals surface area contributed by atoms with Crippen LogP contribution in [0.4, 0.5) is 0 Å². The summed E-state index contributed by atoms with van der Waals surface area (Å²) in [4.78, 5) is 51.6. The van der Waals surface area contributed by atoms with Gasteiger partial charge in [-0.1, -0.05) is 158 Å². The molecule has 6 aromatic rings. The van der Waals surface area contributed by atoms with Crippen molar-refractivity contribution in [2.45, 2.75) is 43.4 Å². The summed E-state index contributed by atoms with van der Waals surface area (Å²) in [6, 6.07) is 52.4. The molecule has 9 rings (SSSR count). The molecule has 0 aromatic heterocycles. The Labute approximate surface area is 334 Å². The van der Waals surface area contributed by atoms with Gasteiger partial charge in [0.05, 0.1) is 12.0 Å². The second-order valence-corrected chi connectivity index (χ2v) is 15.4. The van der Waals surface area contributed by atoms with Crippen molar-refractivity contribution >= 4 is 17.7 Å². The van der Waals surface area contributed by atoms with Crippen molar-refractivity contribution in [2.75, 3.05) is 26.2 Å². The van der Waals surface area contributed by atoms with Crippen LogP contribution >= 0.6 is 0 Å². The summed E-state index contributed by atoms with van der Waals surface area (Å²) in [7, 11) is 0. The second-order valence-electron chi connectivity index (χ2n) is 15.4. The average Bonchev–Trinajstić information content (AvgIpc) is 3.28. The fourth-order valence-corrected chi connectivity index (χ4v) is 9.24. The van der Waals surface area contributed by atoms with E-state index in [-0.39, 0.29) is 30.3 Å². The summed E-state index contributed by atoms with van der Waals surface area (Å²) < 4.78 is 0. The van der Waals surface area contributed by atoms with Gasteiger partial charge in [0.2, 0.25) is 11.8 Å². The van der Waals surface area contributed by atoms with Crippen LogP contribution < -0.4 is 5.32 Å². The Morgan fingerprint density at radius 3 is 1.75 bits per heavy atom. The molecule has 1 N–H and O–H groups in total. The molecule has 2 unspecified atom stereocenters. The Morgan fingerprint density at radius 2 is 1.14 bits per heavy atom. The van der Waals surface area contributed by atoms with E-state index in [1.54, 1.807) is 4.90 Å². The van der Waals surface area contributed by atoms with E-state index >= 15 is 9.59 Å². The van der Waals surface area contributed by atoms with Crippen molar-refractivity contribution in [3.63, 3.8) is 0 Å². The molecule has 0 radical (unpaired) electrons. The molecule has 3 amide bonds. The average molecular weight is 751 g/mol. The monoisotopic (exact) mass is 750 g/mol. The Bertz CT molecular complexity index is 2290. The van der Waals surface area contributed by atoms with Gasteiger partial charge in [0.15, 0.2) is 0 Å². The summed E-state index contributed by atoms with van der Waals surface area (Å²) in [5.74, 6) is -1.28. The molecule has 3 heterocycles. The van der Waals surface area contributed by atoms with Crippen LogP contribution in [0.25, 0.3) is 0 Å². The molecule has 6 aromatic carbocycles. The van der Waals surface area contributed by atoms with Crippen LogP contribution in [0, 0.1) is 0 Å². The molecule has 3 aliphatic rings. The van der Waals surface area contributed by atoms with Crippen LogP contribution in [0.15, 0.2) is 164 Å². The number of carbonyl (C=O) groups excluding carboxylic acids is 3. The lowest BCUT2D eigenvalue weighted by molar-refractivity contribution is -0.137. The Kier molecular flexibility index (Phi) is 10.3. The number of hydrogen-bond donors (Lipinski definition) is 1. The highest BCUT2D eigenvalue weighted by Crippen LogP contribution is 2.41. The van der Waals surface area contributed by atoms with Crippen molar-refractivity contribution in [3.8, 4) is 0 Å². The summed E-state index contributed by atoms with van der Waals surface area (Å²) in [5.41, 5.74) is 8.82. The molecule has 1 fully saturated rings. The van der Waals surface area contributed by atoms with Gasteiger partial charge in [0.25, 0.3) is 5.91 Å². The minimum atomic E-state index is -0.814. The molecule has 0 spiro atoms. The Hall–Kier alpha value is -6.15. The molecule has 284 valence electrons. The molecule has 7 heteroatoms. The molecule has 7 nitrogen and oxygen atoms in total. The third-order valence-corrected chi connectivity index (χ3v) is 12.0. The lowest BCUT2D eigenvalue weighted by Gasteiger charge is -2.43. The molecule has 57 heavy (non-hydrogen) atoms. The van der Waals surface area contributed by atoms with Gasteiger partial charge >= 0.3 is 0 Å². The van der Waals surface area contributed by atoms with Gasteiger partial charge in [-0.3, -0.25) is 24.2 Å². The summed E-state index contributed by atoms with van der Waals surface area (Å²) >= 11 is 0. The standard InChI is InChI=1S/C50H46N4O3/c55-48(42-27-15-26-37-28-30-52-33-41-25-14-13-24-40(41)32-44(52)46(37)42)54(47(38-20-9-3-10-21-38)39-22-11-4-12-23-39)49(56)43-34-53(31-29-51-43)50(57)45(35-16-5-1-6-17-35)36-18-7-2-8-19-36/h1-27,43-45,47,51H,28-34H2. The zero-order valence-corrected chi connectivity index (χ0v) is 31.9. The molecule has 0 saturated carbocycles. The van der Waals surface area contributed by atoms with Crippen molar-refractivity contribution < 1.29 is 14.4 Å². The first-order valence-electron chi connectivity index (χ1n) is 20.1. The van der Waals surface area contributed by atoms with E-state index in [0.717, 1.165) is 59.3 Å². The van der Waals surface area contributed by atoms with Gasteiger partial charge in [-0.15, -0.1) is 0 Å². The van der Waals surface area contributed by atoms with Crippen LogP contribution in [0.1, 0.15) is 72.9 Å². The number of rotatable bonds is 8. The van der Waals surface area contributed by atoms with Crippen LogP contribution in [-0.4, -0.2) is 64.6 Å². The summed E-state index contributed by atoms with van der Waals surface area (Å²) in [6.45, 7) is 2.72. The highest BCUT2D eigenvalue weighted by atomic mass is 16.2. The van der Waals surface area contributed by atoms with Gasteiger partial charge < -0.3 is 10.2 Å². The molecular formula is C50H46N4O3. The summed E-state index contributed by atoms with van der Waals surface area (Å²) in [5, 5.41) is 3.44. The maximum atomic E-state index is 15.7. The zero-order chi connectivity index (χ0) is 38.7. The SMILES string of the molecule is O=C(C(c1ccccc1)c1ccccc1)N1CCNC(C(=O)N(C(=O)c2cccc3c2C2Cc4ccccc4CN2CC3)C(c2ccccc2)c2ccccc2)C1. The Balaban J connectivity index is 1.11. The fourth-order valence-electron chi connectivity index (χ4n) is 9.24. The fraction of sp³-hybridized carbons (Fsp3) is 0.220. The molecule has 3 aliphatic heterocycles. The number of benzene rings is 6. The lowest BCUT2D eigenvalue weighted by Crippen LogP contribution is -2.60. The van der Waals surface area contributed by atoms with Gasteiger partial charge in [-0.25, -0.2) is 0 Å². The van der Waals surface area contributed by atoms with Crippen LogP contribution in [0.5, 0.6) is 0 Å². The van der Waals surface area contributed by atoms with Crippen molar-refractivity contribution in [1.82, 2.24) is 20.0 Å². The number of fused-ring (bicyclic) bond motifs is 4. The molecule has 0 aliphatic carbocycles. The van der Waals surface area contributed by atoms with Crippen LogP contribution in [0.3, 0.4) is 0 Å². The number of hydrogen-bond acceptors (Lipinski definition) is 5. The number of imide groups is 1. The van der Waals surface area contributed by atoms with Gasteiger partial charge in [0, 0.05) is 44.3 Å². The predicted octanol–water partition coefficient (Wildman–Crippen LogP) is 7.73. The summed E-state index contributed by atoms with van der Waals surface area (Å²) in [6.07, 6.45) is 1.63. The zero-order valence-electron chi connectivity index (χ0n) is 31.9. The number of carbonyl (C=O) groups is 3. The van der Waals surface area contributed by atoms with E-state index in [4.69, 9.17) is 0 Å². The third-order valence-electron chi connectivity index (χ3n) is 12.0. The largest absolute Gasteiger partial charge is 0.338 e. The molecule has 2 atom stereocenters. The minimum absolute atomic E-state index is 0.0153. The second kappa shape index (κ2) is 16.1. The van der Waals surface area contributed by atoms with E-state index in [2.05, 4.69) is 40.5 Å². The van der Waals surface area contributed by atoms with Gasteiger partial charge in [-0.2, -0.15) is 0 Å². The van der Waals surface area contributed by atoms with E-state index in [1.165, 1.54) is 16.0 Å². The first-order chi connectivity index (χ1) is 28.0. The maximum absolute atomic E-state index is 15.7. The third kappa shape index (κ3) is 7.21. The predicted molar refractivity (Wildman–Crippen MR) is 222 cm³/mol. The molecule has 1 saturated heterocycles. The minimum Gasteiger partial charge on any atom is -0.338 e. The van der Waals surface area contributed by atoms with Gasteiger partial charge in [-0.05, 0) is 63.4 Å². The van der Waals surface area contributed by atoms with E-state index in [0.29, 0.717) is 18.7 Å². The molecule has 0 bridgehead atoms. The van der Waals surface area contributed by atoms with Crippen LogP contribution in [-0.2, 0) is 29.0 Å². The van der Waals surface area contributed by atoms with Crippen molar-refractivity contribution in [3.05, 3.63) is 214 Å². The van der Waals surface area contributed by atoms with Crippen LogP contribution in [0.2, 0.25) is 0 Å². The quantitative estimate of drug-likeness (QED) is 0.161. The van der Waals surface area contributed by atoms with Gasteiger partial charge in [0.1, 0.15) is 6.04 Å². The normalized spacial score (nSPS) is 17.7. The first-order valence-corrected chi connectivity index (χ1v) is 20.1. The number of nitrogens with zero attached hydrogens (tertiary/aromatic N) is 3. The smallest absolute Gasteiger partial charge is 0.261 e. The van der Waals surface area contributed by atoms with Crippen molar-refractivity contribution in [2.24, 2.45) is 0 Å². The molecular weight excluding hydrogens is 705 g/mol. The number of amides is 3. The highest BCUT2D eigenvalue weighted by Gasteiger charge is 2.42. The van der Waals surface area contributed by atoms with E-state index < -0.39 is 18.0 Å². The number of piperazine rings is 1. The highest BCUT2D eigenvalue weighted by molar-refractivity contribution is 6.08. The van der Waals surface area contributed by atoms with E-state index in [9.17, 15) is 4.79 Å². The van der Waals surface area contributed by atoms with E-state index in [1.807, 2.05) is 133 Å². The lowest BCUT2D eigenvalue weighted by atomic mass is 9.81. The Morgan fingerprint density at radius 1 is 0.596 bits per heavy atom. The topological polar surface area (TPSA) is 73.0 Å². The first kappa shape index (κ1) is 36.5. The maximum Gasteiger partial charge on any atom is 0.261 e.